The summed E-state index contributed by atoms with van der Waals surface area (Å²) < 4.78 is 5.62. The molecule has 1 aromatic rings. The Labute approximate surface area is 151 Å². The van der Waals surface area contributed by atoms with Crippen LogP contribution in [0, 0.1) is 5.92 Å². The Morgan fingerprint density at radius 2 is 2.08 bits per heavy atom. The van der Waals surface area contributed by atoms with Crippen molar-refractivity contribution in [1.29, 1.82) is 0 Å². The lowest BCUT2D eigenvalue weighted by Gasteiger charge is -2.33. The molecular formula is C19H23N2O5+. The van der Waals surface area contributed by atoms with Crippen LogP contribution in [0.4, 0.5) is 0 Å². The van der Waals surface area contributed by atoms with Crippen LogP contribution in [-0.4, -0.2) is 59.5 Å². The zero-order valence-corrected chi connectivity index (χ0v) is 14.9. The molecule has 1 aliphatic carbocycles. The van der Waals surface area contributed by atoms with Crippen molar-refractivity contribution in [2.24, 2.45) is 10.9 Å². The molecule has 1 saturated heterocycles. The first kappa shape index (κ1) is 17.3. The summed E-state index contributed by atoms with van der Waals surface area (Å²) in [6.45, 7) is 3.25. The first-order chi connectivity index (χ1) is 12.3. The fourth-order valence-corrected chi connectivity index (χ4v) is 4.55. The molecule has 0 saturated carbocycles. The third-order valence-corrected chi connectivity index (χ3v) is 5.82. The Kier molecular flexibility index (Phi) is 3.80. The SMILES string of the molecule is CC1=N[C@]2(O)c3ccccc3C(=O)[C@]2(O)C1C(=O)O[C@@H]1CCC[NH+](C)C1. The van der Waals surface area contributed by atoms with Crippen LogP contribution in [0.3, 0.4) is 0 Å². The average molecular weight is 359 g/mol. The molecule has 0 amide bonds. The number of rotatable bonds is 2. The maximum atomic E-state index is 12.9. The van der Waals surface area contributed by atoms with E-state index in [4.69, 9.17) is 4.74 Å². The fourth-order valence-electron chi connectivity index (χ4n) is 4.55. The number of ether oxygens (including phenoxy) is 1. The van der Waals surface area contributed by atoms with E-state index in [0.29, 0.717) is 6.54 Å². The smallest absolute Gasteiger partial charge is 0.318 e. The topological polar surface area (TPSA) is 101 Å². The zero-order valence-electron chi connectivity index (χ0n) is 14.9. The number of likely N-dealkylation sites (N-methyl/N-ethyl adjacent to an activating group) is 1. The number of likely N-dealkylation sites (tertiary alicyclic amines) is 1. The van der Waals surface area contributed by atoms with Gasteiger partial charge >= 0.3 is 5.97 Å². The molecule has 4 rings (SSSR count). The maximum Gasteiger partial charge on any atom is 0.318 e. The summed E-state index contributed by atoms with van der Waals surface area (Å²) in [4.78, 5) is 31.2. The van der Waals surface area contributed by atoms with E-state index < -0.39 is 29.0 Å². The second-order valence-electron chi connectivity index (χ2n) is 7.61. The number of ketones is 1. The van der Waals surface area contributed by atoms with Gasteiger partial charge in [-0.25, -0.2) is 0 Å². The van der Waals surface area contributed by atoms with Crippen molar-refractivity contribution in [3.05, 3.63) is 35.4 Å². The van der Waals surface area contributed by atoms with Crippen LogP contribution in [0.2, 0.25) is 0 Å². The van der Waals surface area contributed by atoms with Crippen molar-refractivity contribution < 1.29 is 29.4 Å². The summed E-state index contributed by atoms with van der Waals surface area (Å²) in [6.07, 6.45) is 1.43. The molecule has 1 fully saturated rings. The monoisotopic (exact) mass is 359 g/mol. The highest BCUT2D eigenvalue weighted by atomic mass is 16.5. The van der Waals surface area contributed by atoms with Gasteiger partial charge in [-0.05, 0) is 13.3 Å². The number of aliphatic hydroxyl groups is 2. The van der Waals surface area contributed by atoms with Crippen LogP contribution in [0.25, 0.3) is 0 Å². The minimum Gasteiger partial charge on any atom is -0.456 e. The van der Waals surface area contributed by atoms with Crippen molar-refractivity contribution in [2.45, 2.75) is 37.2 Å². The van der Waals surface area contributed by atoms with Crippen LogP contribution in [0.15, 0.2) is 29.3 Å². The Bertz CT molecular complexity index is 822. The van der Waals surface area contributed by atoms with Crippen LogP contribution in [-0.2, 0) is 15.3 Å². The van der Waals surface area contributed by atoms with E-state index in [-0.39, 0.29) is 22.9 Å². The van der Waals surface area contributed by atoms with Crippen molar-refractivity contribution in [3.8, 4) is 0 Å². The number of quaternary nitrogens is 1. The first-order valence-electron chi connectivity index (χ1n) is 8.96. The maximum absolute atomic E-state index is 12.9. The highest BCUT2D eigenvalue weighted by Crippen LogP contribution is 2.53. The molecule has 5 atom stereocenters. The van der Waals surface area contributed by atoms with Crippen LogP contribution < -0.4 is 4.90 Å². The third kappa shape index (κ3) is 2.14. The number of hydrogen-bond acceptors (Lipinski definition) is 6. The molecule has 7 heteroatoms. The van der Waals surface area contributed by atoms with Gasteiger partial charge in [0, 0.05) is 23.3 Å². The molecule has 2 heterocycles. The third-order valence-electron chi connectivity index (χ3n) is 5.82. The minimum atomic E-state index is -2.36. The van der Waals surface area contributed by atoms with E-state index >= 15 is 0 Å². The lowest BCUT2D eigenvalue weighted by Crippen LogP contribution is -3.11. The molecule has 26 heavy (non-hydrogen) atoms. The molecule has 1 aromatic carbocycles. The molecule has 7 nitrogen and oxygen atoms in total. The van der Waals surface area contributed by atoms with Gasteiger partial charge in [0.2, 0.25) is 11.5 Å². The Morgan fingerprint density at radius 1 is 1.35 bits per heavy atom. The van der Waals surface area contributed by atoms with Crippen molar-refractivity contribution >= 4 is 17.5 Å². The average Bonchev–Trinajstić information content (AvgIpc) is 2.90. The van der Waals surface area contributed by atoms with Crippen molar-refractivity contribution in [2.75, 3.05) is 20.1 Å². The van der Waals surface area contributed by atoms with Gasteiger partial charge in [-0.1, -0.05) is 24.3 Å². The van der Waals surface area contributed by atoms with Gasteiger partial charge < -0.3 is 19.8 Å². The van der Waals surface area contributed by atoms with Crippen molar-refractivity contribution in [1.82, 2.24) is 0 Å². The van der Waals surface area contributed by atoms with Crippen LogP contribution >= 0.6 is 0 Å². The molecule has 2 aliphatic heterocycles. The second kappa shape index (κ2) is 5.70. The van der Waals surface area contributed by atoms with Gasteiger partial charge in [-0.2, -0.15) is 0 Å². The van der Waals surface area contributed by atoms with Crippen LogP contribution in [0.1, 0.15) is 35.7 Å². The van der Waals surface area contributed by atoms with Gasteiger partial charge in [0.05, 0.1) is 13.6 Å². The number of aliphatic imine (C=N–C) groups is 1. The normalized spacial score (nSPS) is 38.5. The molecule has 3 N–H and O–H groups in total. The molecule has 0 bridgehead atoms. The number of esters is 1. The summed E-state index contributed by atoms with van der Waals surface area (Å²) in [5.74, 6) is -2.70. The van der Waals surface area contributed by atoms with E-state index in [1.807, 2.05) is 7.05 Å². The van der Waals surface area contributed by atoms with Crippen molar-refractivity contribution in [3.63, 3.8) is 0 Å². The number of benzene rings is 1. The van der Waals surface area contributed by atoms with E-state index in [9.17, 15) is 19.8 Å². The Morgan fingerprint density at radius 3 is 2.81 bits per heavy atom. The molecule has 0 radical (unpaired) electrons. The summed E-state index contributed by atoms with van der Waals surface area (Å²) in [5, 5.41) is 22.3. The number of fused-ring (bicyclic) bond motifs is 3. The molecule has 138 valence electrons. The number of carbonyl (C=O) groups excluding carboxylic acids is 2. The van der Waals surface area contributed by atoms with Gasteiger partial charge in [-0.3, -0.25) is 14.6 Å². The first-order valence-corrected chi connectivity index (χ1v) is 8.96. The molecular weight excluding hydrogens is 336 g/mol. The number of piperidine rings is 1. The lowest BCUT2D eigenvalue weighted by molar-refractivity contribution is -0.888. The lowest BCUT2D eigenvalue weighted by atomic mass is 9.79. The highest BCUT2D eigenvalue weighted by molar-refractivity contribution is 6.18. The van der Waals surface area contributed by atoms with Gasteiger partial charge in [0.15, 0.2) is 11.7 Å². The number of nitrogens with zero attached hydrogens (tertiary/aromatic N) is 1. The number of nitrogens with one attached hydrogen (secondary N) is 1. The molecule has 0 spiro atoms. The van der Waals surface area contributed by atoms with E-state index in [1.165, 1.54) is 17.9 Å². The largest absolute Gasteiger partial charge is 0.456 e. The fraction of sp³-hybridized carbons (Fsp3) is 0.526. The van der Waals surface area contributed by atoms with Gasteiger partial charge in [-0.15, -0.1) is 0 Å². The molecule has 0 aromatic heterocycles. The standard InChI is InChI=1S/C19H22N2O5/c1-11-15(17(23)26-12-6-5-9-21(2)10-12)18(24)16(22)13-7-3-4-8-14(13)19(18,25)20-11/h3-4,7-8,12,15,24-25H,5-6,9-10H2,1-2H3/p+1/t12-,15?,18-,19+/m1/s1. The number of carbonyl (C=O) groups is 2. The Balaban J connectivity index is 1.68. The summed E-state index contributed by atoms with van der Waals surface area (Å²) in [6, 6.07) is 6.38. The van der Waals surface area contributed by atoms with Crippen LogP contribution in [0.5, 0.6) is 0 Å². The van der Waals surface area contributed by atoms with E-state index in [2.05, 4.69) is 4.99 Å². The zero-order chi connectivity index (χ0) is 18.7. The molecule has 3 aliphatic rings. The van der Waals surface area contributed by atoms with Gasteiger partial charge in [0.25, 0.3) is 0 Å². The molecule has 2 unspecified atom stereocenters. The number of hydrogen-bond donors (Lipinski definition) is 3. The van der Waals surface area contributed by atoms with E-state index in [0.717, 1.165) is 19.4 Å². The summed E-state index contributed by atoms with van der Waals surface area (Å²) >= 11 is 0. The predicted octanol–water partition coefficient (Wildman–Crippen LogP) is -0.930. The minimum absolute atomic E-state index is 0.188. The summed E-state index contributed by atoms with van der Waals surface area (Å²) in [7, 11) is 2.03. The Hall–Kier alpha value is -2.09. The predicted molar refractivity (Wildman–Crippen MR) is 92.0 cm³/mol. The highest BCUT2D eigenvalue weighted by Gasteiger charge is 2.72. The number of Topliss-reactive ketones (excluding diaryl/α,β-unsaturated/α-hetero) is 1. The quantitative estimate of drug-likeness (QED) is 0.593. The summed E-state index contributed by atoms with van der Waals surface area (Å²) in [5.41, 5.74) is -3.88. The van der Waals surface area contributed by atoms with Gasteiger partial charge in [0.1, 0.15) is 12.5 Å². The second-order valence-corrected chi connectivity index (χ2v) is 7.61. The van der Waals surface area contributed by atoms with E-state index in [1.54, 1.807) is 18.2 Å².